The van der Waals surface area contributed by atoms with E-state index >= 15 is 0 Å². The first-order valence-corrected chi connectivity index (χ1v) is 19.3. The van der Waals surface area contributed by atoms with Crippen molar-refractivity contribution in [2.75, 3.05) is 0 Å². The standard InChI is InChI=1S/C5H11ClN4Si4/c6-4-3-5(8-1-7-4)10(2-9-3)12-14-13-11/h1-2H,12-14H2,11H3. The van der Waals surface area contributed by atoms with Crippen molar-refractivity contribution < 1.29 is 0 Å². The molecule has 0 saturated heterocycles. The van der Waals surface area contributed by atoms with Crippen molar-refractivity contribution in [3.8, 4) is 0 Å². The molecule has 0 aliphatic carbocycles. The van der Waals surface area contributed by atoms with Gasteiger partial charge >= 0.3 is 0 Å². The van der Waals surface area contributed by atoms with E-state index in [4.69, 9.17) is 11.6 Å². The average Bonchev–Trinajstić information content (AvgIpc) is 2.60. The Labute approximate surface area is 95.8 Å². The second kappa shape index (κ2) is 4.48. The maximum absolute atomic E-state index is 5.92. The first-order valence-electron chi connectivity index (χ1n) is 4.64. The number of aromatic nitrogens is 4. The predicted molar refractivity (Wildman–Crippen MR) is 71.3 cm³/mol. The number of imidazole rings is 1. The van der Waals surface area contributed by atoms with E-state index in [9.17, 15) is 0 Å². The molecule has 0 radical (unpaired) electrons. The van der Waals surface area contributed by atoms with E-state index in [0.717, 1.165) is 11.2 Å². The Balaban J connectivity index is 2.42. The molecule has 2 aromatic rings. The Morgan fingerprint density at radius 1 is 1.36 bits per heavy atom. The molecule has 0 unspecified atom stereocenters. The van der Waals surface area contributed by atoms with Crippen LogP contribution in [0.3, 0.4) is 0 Å². The van der Waals surface area contributed by atoms with Gasteiger partial charge in [0.2, 0.25) is 0 Å². The van der Waals surface area contributed by atoms with E-state index in [1.54, 1.807) is 0 Å². The maximum atomic E-state index is 5.92. The lowest BCUT2D eigenvalue weighted by molar-refractivity contribution is 1.16. The molecule has 0 spiro atoms. The molecule has 0 amide bonds. The van der Waals surface area contributed by atoms with Gasteiger partial charge in [0.15, 0.2) is 10.8 Å². The predicted octanol–water partition coefficient (Wildman–Crippen LogP) is -3.14. The zero-order valence-corrected chi connectivity index (χ0v) is 14.9. The molecule has 0 aromatic carbocycles. The van der Waals surface area contributed by atoms with E-state index < -0.39 is 0 Å². The Morgan fingerprint density at radius 3 is 3.00 bits per heavy atom. The van der Waals surface area contributed by atoms with Crippen molar-refractivity contribution in [3.05, 3.63) is 17.8 Å². The van der Waals surface area contributed by atoms with Gasteiger partial charge in [0.05, 0.1) is 6.33 Å². The smallest absolute Gasteiger partial charge is 0.160 e. The second-order valence-corrected chi connectivity index (χ2v) is 28.1. The minimum Gasteiger partial charge on any atom is -0.353 e. The fourth-order valence-corrected chi connectivity index (χ4v) is 20.2. The van der Waals surface area contributed by atoms with Crippen LogP contribution in [0.2, 0.25) is 5.15 Å². The van der Waals surface area contributed by atoms with Gasteiger partial charge in [0.25, 0.3) is 0 Å². The Kier molecular flexibility index (Phi) is 3.28. The van der Waals surface area contributed by atoms with E-state index in [0.29, 0.717) is 22.3 Å². The third-order valence-electron chi connectivity index (χ3n) is 2.11. The Bertz CT molecular complexity index is 446. The zero-order valence-electron chi connectivity index (χ0n) is 7.94. The number of hydrogen-bond acceptors (Lipinski definition) is 3. The summed E-state index contributed by atoms with van der Waals surface area (Å²) in [5.41, 5.74) is 1.72. The number of hydrogen-bond donors (Lipinski definition) is 0. The van der Waals surface area contributed by atoms with Gasteiger partial charge in [-0.3, -0.25) is 0 Å². The van der Waals surface area contributed by atoms with Gasteiger partial charge in [-0.1, -0.05) is 11.6 Å². The molecule has 0 fully saturated rings. The van der Waals surface area contributed by atoms with Crippen molar-refractivity contribution in [2.24, 2.45) is 0 Å². The summed E-state index contributed by atoms with van der Waals surface area (Å²) in [6.07, 6.45) is 3.42. The summed E-state index contributed by atoms with van der Waals surface area (Å²) in [4.78, 5) is 12.4. The molecule has 0 aliphatic rings. The van der Waals surface area contributed by atoms with Crippen LogP contribution in [-0.2, 0) is 0 Å². The molecule has 0 N–H and O–H groups in total. The topological polar surface area (TPSA) is 43.6 Å². The van der Waals surface area contributed by atoms with Crippen molar-refractivity contribution >= 4 is 58.8 Å². The molecular formula is C5H11ClN4Si4. The summed E-state index contributed by atoms with van der Waals surface area (Å²) >= 11 is 5.92. The summed E-state index contributed by atoms with van der Waals surface area (Å²) in [6.45, 7) is 0. The normalized spacial score (nSPS) is 13.8. The van der Waals surface area contributed by atoms with Gasteiger partial charge in [0.1, 0.15) is 21.0 Å². The van der Waals surface area contributed by atoms with Crippen LogP contribution in [0.15, 0.2) is 12.7 Å². The van der Waals surface area contributed by atoms with Gasteiger partial charge in [0, 0.05) is 8.55 Å². The first kappa shape index (κ1) is 10.2. The molecule has 74 valence electrons. The van der Waals surface area contributed by atoms with Crippen LogP contribution in [0.25, 0.3) is 11.2 Å². The van der Waals surface area contributed by atoms with Gasteiger partial charge in [-0.15, -0.1) is 0 Å². The quantitative estimate of drug-likeness (QED) is 0.439. The highest BCUT2D eigenvalue weighted by Gasteiger charge is 2.07. The van der Waals surface area contributed by atoms with Gasteiger partial charge < -0.3 is 4.23 Å². The lowest BCUT2D eigenvalue weighted by Crippen LogP contribution is -2.20. The highest BCUT2D eigenvalue weighted by molar-refractivity contribution is 7.41. The molecule has 0 bridgehead atoms. The van der Waals surface area contributed by atoms with E-state index in [1.165, 1.54) is 16.1 Å². The molecule has 0 saturated carbocycles. The Hall–Kier alpha value is -0.292. The molecule has 4 nitrogen and oxygen atoms in total. The molecule has 2 aromatic heterocycles. The Morgan fingerprint density at radius 2 is 2.21 bits per heavy atom. The minimum atomic E-state index is -0.0665. The first-order chi connectivity index (χ1) is 6.83. The minimum absolute atomic E-state index is 0.0665. The summed E-state index contributed by atoms with van der Waals surface area (Å²) in [7, 11) is 2.16. The van der Waals surface area contributed by atoms with Crippen molar-refractivity contribution in [1.29, 1.82) is 0 Å². The molecule has 2 heterocycles. The summed E-state index contributed by atoms with van der Waals surface area (Å²) < 4.78 is 2.26. The van der Waals surface area contributed by atoms with E-state index in [1.807, 2.05) is 6.33 Å². The van der Waals surface area contributed by atoms with Gasteiger partial charge in [-0.25, -0.2) is 15.0 Å². The summed E-state index contributed by atoms with van der Waals surface area (Å²) in [5.74, 6) is 0. The van der Waals surface area contributed by atoms with Gasteiger partial charge in [-0.05, 0) is 18.3 Å². The lowest BCUT2D eigenvalue weighted by Gasteiger charge is -1.99. The van der Waals surface area contributed by atoms with Crippen molar-refractivity contribution in [3.63, 3.8) is 0 Å². The molecule has 0 atom stereocenters. The third-order valence-corrected chi connectivity index (χ3v) is 37.2. The van der Waals surface area contributed by atoms with Crippen LogP contribution in [-0.4, -0.2) is 55.3 Å². The maximum Gasteiger partial charge on any atom is 0.160 e. The molecule has 9 heteroatoms. The zero-order chi connectivity index (χ0) is 9.97. The average molecular weight is 275 g/mol. The molecule has 0 aliphatic heterocycles. The van der Waals surface area contributed by atoms with Crippen LogP contribution in [0.5, 0.6) is 0 Å². The van der Waals surface area contributed by atoms with E-state index in [2.05, 4.69) is 19.2 Å². The third kappa shape index (κ3) is 1.88. The fraction of sp³-hybridized carbons (Fsp3) is 0. The van der Waals surface area contributed by atoms with Crippen LogP contribution in [0, 0.1) is 0 Å². The monoisotopic (exact) mass is 274 g/mol. The summed E-state index contributed by atoms with van der Waals surface area (Å²) in [5, 5.41) is 0.479. The van der Waals surface area contributed by atoms with Crippen LogP contribution < -0.4 is 0 Å². The summed E-state index contributed by atoms with van der Waals surface area (Å²) in [6, 6.07) is 0. The van der Waals surface area contributed by atoms with E-state index in [-0.39, 0.29) is 9.20 Å². The number of rotatable bonds is 3. The number of fused-ring (bicyclic) bond motifs is 1. The van der Waals surface area contributed by atoms with Crippen LogP contribution in [0.1, 0.15) is 0 Å². The van der Waals surface area contributed by atoms with Crippen LogP contribution >= 0.6 is 11.6 Å². The molecule has 14 heavy (non-hydrogen) atoms. The largest absolute Gasteiger partial charge is 0.353 e. The molecule has 2 rings (SSSR count). The SMILES string of the molecule is [SiH3][SiH2][SiH2][SiH2]n1cnc2c(Cl)ncnc21. The second-order valence-electron chi connectivity index (χ2n) is 3.13. The van der Waals surface area contributed by atoms with Crippen molar-refractivity contribution in [2.45, 2.75) is 0 Å². The van der Waals surface area contributed by atoms with Crippen LogP contribution in [0.4, 0.5) is 0 Å². The molecular weight excluding hydrogens is 264 g/mol. The number of nitrogens with zero attached hydrogens (tertiary/aromatic N) is 4. The van der Waals surface area contributed by atoms with Gasteiger partial charge in [-0.2, -0.15) is 0 Å². The van der Waals surface area contributed by atoms with Crippen molar-refractivity contribution in [1.82, 2.24) is 19.2 Å². The highest BCUT2D eigenvalue weighted by atomic mass is 35.5. The lowest BCUT2D eigenvalue weighted by atomic mass is 10.6. The number of halogens is 1. The highest BCUT2D eigenvalue weighted by Crippen LogP contribution is 2.15. The fourth-order valence-electron chi connectivity index (χ4n) is 1.34.